The van der Waals surface area contributed by atoms with Crippen LogP contribution in [0, 0.1) is 6.92 Å². The fraction of sp³-hybridized carbons (Fsp3) is 0.471. The lowest BCUT2D eigenvalue weighted by molar-refractivity contribution is 0.0641. The number of hydrogen-bond acceptors (Lipinski definition) is 5. The van der Waals surface area contributed by atoms with Gasteiger partial charge in [-0.25, -0.2) is 4.98 Å². The first-order valence-corrected chi connectivity index (χ1v) is 8.08. The van der Waals surface area contributed by atoms with E-state index < -0.39 is 0 Å². The van der Waals surface area contributed by atoms with E-state index in [1.54, 1.807) is 19.4 Å². The fourth-order valence-corrected chi connectivity index (χ4v) is 2.80. The van der Waals surface area contributed by atoms with E-state index in [1.807, 2.05) is 23.7 Å². The number of methoxy groups -OCH3 is 1. The van der Waals surface area contributed by atoms with E-state index in [9.17, 15) is 4.79 Å². The van der Waals surface area contributed by atoms with Crippen molar-refractivity contribution in [2.75, 3.05) is 20.3 Å². The van der Waals surface area contributed by atoms with Crippen molar-refractivity contribution in [2.24, 2.45) is 0 Å². The molecule has 1 aliphatic heterocycles. The molecule has 3 heterocycles. The summed E-state index contributed by atoms with van der Waals surface area (Å²) >= 11 is 0. The van der Waals surface area contributed by atoms with Gasteiger partial charge in [-0.2, -0.15) is 5.10 Å². The molecule has 0 aromatic carbocycles. The lowest BCUT2D eigenvalue weighted by Gasteiger charge is -2.24. The van der Waals surface area contributed by atoms with Crippen molar-refractivity contribution >= 4 is 5.91 Å². The van der Waals surface area contributed by atoms with Crippen LogP contribution in [0.3, 0.4) is 0 Å². The van der Waals surface area contributed by atoms with Gasteiger partial charge >= 0.3 is 0 Å². The molecule has 24 heavy (non-hydrogen) atoms. The first kappa shape index (κ1) is 16.4. The van der Waals surface area contributed by atoms with Crippen molar-refractivity contribution < 1.29 is 14.3 Å². The van der Waals surface area contributed by atoms with Crippen LogP contribution in [0.4, 0.5) is 0 Å². The summed E-state index contributed by atoms with van der Waals surface area (Å²) in [5.74, 6) is 0.427. The smallest absolute Gasteiger partial charge is 0.269 e. The lowest BCUT2D eigenvalue weighted by Crippen LogP contribution is -2.29. The molecule has 0 aliphatic carbocycles. The number of amides is 1. The molecule has 2 aromatic heterocycles. The summed E-state index contributed by atoms with van der Waals surface area (Å²) in [7, 11) is 1.57. The Morgan fingerprint density at radius 1 is 1.42 bits per heavy atom. The van der Waals surface area contributed by atoms with E-state index in [2.05, 4.69) is 15.4 Å². The number of pyridine rings is 1. The topological polar surface area (TPSA) is 78.3 Å². The first-order chi connectivity index (χ1) is 11.7. The van der Waals surface area contributed by atoms with Crippen LogP contribution in [0.15, 0.2) is 24.4 Å². The van der Waals surface area contributed by atoms with Crippen LogP contribution in [-0.4, -0.2) is 41.0 Å². The molecule has 128 valence electrons. The number of rotatable bonds is 5. The number of hydrogen-bond donors (Lipinski definition) is 1. The summed E-state index contributed by atoms with van der Waals surface area (Å²) in [6.45, 7) is 3.73. The highest BCUT2D eigenvalue weighted by Crippen LogP contribution is 2.22. The molecule has 2 aromatic rings. The van der Waals surface area contributed by atoms with Gasteiger partial charge < -0.3 is 14.8 Å². The van der Waals surface area contributed by atoms with Crippen LogP contribution in [-0.2, 0) is 11.3 Å². The van der Waals surface area contributed by atoms with Crippen LogP contribution >= 0.6 is 0 Å². The van der Waals surface area contributed by atoms with Crippen LogP contribution in [0.5, 0.6) is 5.88 Å². The maximum absolute atomic E-state index is 12.6. The van der Waals surface area contributed by atoms with Gasteiger partial charge in [0, 0.05) is 32.0 Å². The van der Waals surface area contributed by atoms with Gasteiger partial charge in [-0.15, -0.1) is 0 Å². The molecule has 1 amide bonds. The number of carbonyl (C=O) groups excluding carboxylic acids is 1. The Bertz CT molecular complexity index is 690. The maximum Gasteiger partial charge on any atom is 0.269 e. The normalized spacial score (nSPS) is 15.2. The Hall–Kier alpha value is -2.41. The number of nitrogens with one attached hydrogen (secondary N) is 1. The zero-order chi connectivity index (χ0) is 16.9. The highest BCUT2D eigenvalue weighted by Gasteiger charge is 2.22. The summed E-state index contributed by atoms with van der Waals surface area (Å²) in [5.41, 5.74) is 2.36. The van der Waals surface area contributed by atoms with E-state index in [0.717, 1.165) is 24.1 Å². The molecule has 0 unspecified atom stereocenters. The van der Waals surface area contributed by atoms with E-state index in [-0.39, 0.29) is 11.9 Å². The van der Waals surface area contributed by atoms with E-state index >= 15 is 0 Å². The van der Waals surface area contributed by atoms with Gasteiger partial charge in [0.05, 0.1) is 18.8 Å². The van der Waals surface area contributed by atoms with E-state index in [1.165, 1.54) is 0 Å². The minimum atomic E-state index is -0.127. The minimum Gasteiger partial charge on any atom is -0.481 e. The second-order valence-electron chi connectivity index (χ2n) is 5.85. The van der Waals surface area contributed by atoms with E-state index in [0.29, 0.717) is 31.3 Å². The standard InChI is InChI=1S/C17H22N4O3/c1-12-9-15(21(20-12)14-5-7-24-8-6-14)17(22)19-11-13-3-4-16(23-2)18-10-13/h3-4,9-10,14H,5-8,11H2,1-2H3,(H,19,22). The second kappa shape index (κ2) is 7.44. The Kier molecular flexibility index (Phi) is 5.10. The molecule has 0 atom stereocenters. The van der Waals surface area contributed by atoms with Crippen LogP contribution in [0.1, 0.15) is 40.6 Å². The molecule has 0 saturated carbocycles. The molecule has 1 aliphatic rings. The van der Waals surface area contributed by atoms with Crippen molar-refractivity contribution in [2.45, 2.75) is 32.4 Å². The molecule has 1 fully saturated rings. The third-order valence-corrected chi connectivity index (χ3v) is 4.09. The number of nitrogens with zero attached hydrogens (tertiary/aromatic N) is 3. The minimum absolute atomic E-state index is 0.127. The average molecular weight is 330 g/mol. The largest absolute Gasteiger partial charge is 0.481 e. The van der Waals surface area contributed by atoms with Gasteiger partial charge in [0.25, 0.3) is 5.91 Å². The summed E-state index contributed by atoms with van der Waals surface area (Å²) in [5, 5.41) is 7.44. The molecular formula is C17H22N4O3. The molecule has 7 heteroatoms. The monoisotopic (exact) mass is 330 g/mol. The molecular weight excluding hydrogens is 308 g/mol. The number of ether oxygens (including phenoxy) is 2. The summed E-state index contributed by atoms with van der Waals surface area (Å²) < 4.78 is 12.3. The van der Waals surface area contributed by atoms with Gasteiger partial charge in [-0.3, -0.25) is 9.48 Å². The third kappa shape index (κ3) is 3.73. The van der Waals surface area contributed by atoms with Crippen LogP contribution in [0.25, 0.3) is 0 Å². The summed E-state index contributed by atoms with van der Waals surface area (Å²) in [4.78, 5) is 16.7. The van der Waals surface area contributed by atoms with Gasteiger partial charge in [0.15, 0.2) is 0 Å². The van der Waals surface area contributed by atoms with E-state index in [4.69, 9.17) is 9.47 Å². The Morgan fingerprint density at radius 3 is 2.88 bits per heavy atom. The van der Waals surface area contributed by atoms with Crippen molar-refractivity contribution in [3.8, 4) is 5.88 Å². The Morgan fingerprint density at radius 2 is 2.21 bits per heavy atom. The van der Waals surface area contributed by atoms with Gasteiger partial charge in [0.1, 0.15) is 5.69 Å². The summed E-state index contributed by atoms with van der Waals surface area (Å²) in [6.07, 6.45) is 3.45. The zero-order valence-corrected chi connectivity index (χ0v) is 14.0. The van der Waals surface area contributed by atoms with Gasteiger partial charge in [-0.05, 0) is 31.4 Å². The Labute approximate surface area is 141 Å². The molecule has 1 N–H and O–H groups in total. The Balaban J connectivity index is 1.67. The van der Waals surface area contributed by atoms with Crippen molar-refractivity contribution in [3.05, 3.63) is 41.3 Å². The first-order valence-electron chi connectivity index (χ1n) is 8.08. The molecule has 0 radical (unpaired) electrons. The maximum atomic E-state index is 12.6. The molecule has 3 rings (SSSR count). The van der Waals surface area contributed by atoms with Gasteiger partial charge in [-0.1, -0.05) is 6.07 Å². The number of carbonyl (C=O) groups is 1. The molecule has 0 spiro atoms. The van der Waals surface area contributed by atoms with Crippen LogP contribution in [0.2, 0.25) is 0 Å². The van der Waals surface area contributed by atoms with Crippen molar-refractivity contribution in [1.29, 1.82) is 0 Å². The SMILES string of the molecule is COc1ccc(CNC(=O)c2cc(C)nn2C2CCOCC2)cn1. The molecule has 0 bridgehead atoms. The fourth-order valence-electron chi connectivity index (χ4n) is 2.80. The number of aryl methyl sites for hydroxylation is 1. The lowest BCUT2D eigenvalue weighted by atomic mass is 10.1. The highest BCUT2D eigenvalue weighted by atomic mass is 16.5. The second-order valence-corrected chi connectivity index (χ2v) is 5.85. The highest BCUT2D eigenvalue weighted by molar-refractivity contribution is 5.92. The molecule has 7 nitrogen and oxygen atoms in total. The zero-order valence-electron chi connectivity index (χ0n) is 14.0. The average Bonchev–Trinajstić information content (AvgIpc) is 3.03. The molecule has 1 saturated heterocycles. The van der Waals surface area contributed by atoms with Crippen molar-refractivity contribution in [1.82, 2.24) is 20.1 Å². The summed E-state index contributed by atoms with van der Waals surface area (Å²) in [6, 6.07) is 5.71. The quantitative estimate of drug-likeness (QED) is 0.905. The third-order valence-electron chi connectivity index (χ3n) is 4.09. The predicted molar refractivity (Wildman–Crippen MR) is 88.0 cm³/mol. The predicted octanol–water partition coefficient (Wildman–Crippen LogP) is 1.88. The van der Waals surface area contributed by atoms with Crippen molar-refractivity contribution in [3.63, 3.8) is 0 Å². The van der Waals surface area contributed by atoms with Crippen LogP contribution < -0.4 is 10.1 Å². The van der Waals surface area contributed by atoms with Gasteiger partial charge in [0.2, 0.25) is 5.88 Å². The number of aromatic nitrogens is 3.